The summed E-state index contributed by atoms with van der Waals surface area (Å²) in [6.07, 6.45) is 1.70. The number of rotatable bonds is 4. The summed E-state index contributed by atoms with van der Waals surface area (Å²) in [6.45, 7) is 2.10. The van der Waals surface area contributed by atoms with Gasteiger partial charge in [-0.3, -0.25) is 4.79 Å². The van der Waals surface area contributed by atoms with E-state index < -0.39 is 5.97 Å². The smallest absolute Gasteiger partial charge is 0.306 e. The largest absolute Gasteiger partial charge is 0.481 e. The predicted molar refractivity (Wildman–Crippen MR) is 63.3 cm³/mol. The van der Waals surface area contributed by atoms with Crippen LogP contribution in [0.4, 0.5) is 0 Å². The summed E-state index contributed by atoms with van der Waals surface area (Å²) in [6, 6.07) is 9.61. The van der Waals surface area contributed by atoms with Crippen LogP contribution >= 0.6 is 0 Å². The van der Waals surface area contributed by atoms with Crippen molar-refractivity contribution in [3.8, 4) is 6.07 Å². The number of aliphatic carboxylic acids is 1. The van der Waals surface area contributed by atoms with Gasteiger partial charge in [0.2, 0.25) is 0 Å². The Bertz CT molecular complexity index is 458. The molecule has 2 rings (SSSR count). The Labute approximate surface area is 101 Å². The van der Waals surface area contributed by atoms with Crippen LogP contribution in [-0.4, -0.2) is 11.1 Å². The maximum absolute atomic E-state index is 10.8. The quantitative estimate of drug-likeness (QED) is 0.862. The molecule has 1 aromatic carbocycles. The molecule has 0 bridgehead atoms. The number of hydrogen-bond acceptors (Lipinski definition) is 2. The lowest BCUT2D eigenvalue weighted by molar-refractivity contribution is -0.139. The van der Waals surface area contributed by atoms with E-state index in [1.54, 1.807) is 0 Å². The second-order valence-electron chi connectivity index (χ2n) is 4.83. The highest BCUT2D eigenvalue weighted by Crippen LogP contribution is 2.45. The van der Waals surface area contributed by atoms with Gasteiger partial charge < -0.3 is 5.11 Å². The minimum absolute atomic E-state index is 0.136. The molecule has 3 unspecified atom stereocenters. The number of nitrogens with zero attached hydrogens (tertiary/aromatic N) is 1. The average Bonchev–Trinajstić information content (AvgIpc) is 3.10. The maximum Gasteiger partial charge on any atom is 0.306 e. The number of hydrogen-bond donors (Lipinski definition) is 1. The van der Waals surface area contributed by atoms with E-state index in [0.29, 0.717) is 17.4 Å². The molecule has 0 spiro atoms. The van der Waals surface area contributed by atoms with Crippen molar-refractivity contribution in [3.05, 3.63) is 35.4 Å². The molecule has 0 aliphatic heterocycles. The zero-order valence-corrected chi connectivity index (χ0v) is 9.76. The minimum atomic E-state index is -0.665. The third kappa shape index (κ3) is 2.65. The second-order valence-corrected chi connectivity index (χ2v) is 4.83. The molecular weight excluding hydrogens is 214 g/mol. The zero-order chi connectivity index (χ0) is 12.4. The van der Waals surface area contributed by atoms with Gasteiger partial charge in [-0.15, -0.1) is 0 Å². The van der Waals surface area contributed by atoms with Crippen molar-refractivity contribution in [1.82, 2.24) is 0 Å². The van der Waals surface area contributed by atoms with Gasteiger partial charge in [-0.05, 0) is 42.4 Å². The van der Waals surface area contributed by atoms with E-state index in [9.17, 15) is 4.79 Å². The molecule has 0 heterocycles. The van der Waals surface area contributed by atoms with Gasteiger partial charge in [0.05, 0.1) is 17.6 Å². The molecule has 1 saturated carbocycles. The summed E-state index contributed by atoms with van der Waals surface area (Å²) in [4.78, 5) is 10.8. The van der Waals surface area contributed by atoms with E-state index in [4.69, 9.17) is 10.4 Å². The lowest BCUT2D eigenvalue weighted by Crippen LogP contribution is -2.08. The molecule has 3 nitrogen and oxygen atoms in total. The normalized spacial score (nSPS) is 23.8. The first-order valence-corrected chi connectivity index (χ1v) is 5.83. The highest BCUT2D eigenvalue weighted by molar-refractivity contribution is 5.73. The Kier molecular flexibility index (Phi) is 3.14. The third-order valence-electron chi connectivity index (χ3n) is 3.53. The molecule has 1 aliphatic carbocycles. The van der Waals surface area contributed by atoms with Crippen molar-refractivity contribution in [2.24, 2.45) is 17.8 Å². The van der Waals surface area contributed by atoms with Crippen molar-refractivity contribution in [2.75, 3.05) is 0 Å². The van der Waals surface area contributed by atoms with E-state index in [2.05, 4.69) is 13.0 Å². The Morgan fingerprint density at radius 1 is 1.53 bits per heavy atom. The van der Waals surface area contributed by atoms with Crippen LogP contribution in [0.3, 0.4) is 0 Å². The van der Waals surface area contributed by atoms with Crippen molar-refractivity contribution in [3.63, 3.8) is 0 Å². The molecule has 1 aromatic rings. The Hall–Kier alpha value is -1.82. The van der Waals surface area contributed by atoms with Crippen molar-refractivity contribution in [1.29, 1.82) is 5.26 Å². The van der Waals surface area contributed by atoms with Gasteiger partial charge in [0, 0.05) is 0 Å². The van der Waals surface area contributed by atoms with Gasteiger partial charge >= 0.3 is 5.97 Å². The maximum atomic E-state index is 10.8. The minimum Gasteiger partial charge on any atom is -0.481 e. The fourth-order valence-electron chi connectivity index (χ4n) is 2.37. The van der Waals surface area contributed by atoms with Gasteiger partial charge in [-0.1, -0.05) is 19.1 Å². The first kappa shape index (κ1) is 11.7. The van der Waals surface area contributed by atoms with Crippen molar-refractivity contribution in [2.45, 2.75) is 19.8 Å². The number of carboxylic acids is 1. The summed E-state index contributed by atoms with van der Waals surface area (Å²) >= 11 is 0. The number of carbonyl (C=O) groups is 1. The average molecular weight is 229 g/mol. The van der Waals surface area contributed by atoms with E-state index >= 15 is 0 Å². The molecule has 3 atom stereocenters. The molecule has 1 aliphatic rings. The van der Waals surface area contributed by atoms with Gasteiger partial charge in [-0.2, -0.15) is 5.26 Å². The lowest BCUT2D eigenvalue weighted by atomic mass is 9.95. The molecular formula is C14H15NO2. The monoisotopic (exact) mass is 229 g/mol. The molecule has 0 saturated heterocycles. The molecule has 3 heteroatoms. The van der Waals surface area contributed by atoms with Crippen LogP contribution in [0, 0.1) is 29.1 Å². The standard InChI is InChI=1S/C14H15NO2/c1-9(12-7-13(12)14(16)17)6-10-2-4-11(8-15)5-3-10/h2-5,9,12-13H,6-7H2,1H3,(H,16,17). The van der Waals surface area contributed by atoms with E-state index in [1.807, 2.05) is 24.3 Å². The summed E-state index contributed by atoms with van der Waals surface area (Å²) in [7, 11) is 0. The Morgan fingerprint density at radius 3 is 2.65 bits per heavy atom. The molecule has 88 valence electrons. The SMILES string of the molecule is CC(Cc1ccc(C#N)cc1)C1CC1C(=O)O. The van der Waals surface area contributed by atoms with Gasteiger partial charge in [-0.25, -0.2) is 0 Å². The van der Waals surface area contributed by atoms with E-state index in [-0.39, 0.29) is 5.92 Å². The van der Waals surface area contributed by atoms with Crippen molar-refractivity contribution < 1.29 is 9.90 Å². The first-order chi connectivity index (χ1) is 8.11. The molecule has 0 amide bonds. The van der Waals surface area contributed by atoms with Gasteiger partial charge in [0.1, 0.15) is 0 Å². The van der Waals surface area contributed by atoms with Crippen LogP contribution in [0.5, 0.6) is 0 Å². The van der Waals surface area contributed by atoms with Crippen molar-refractivity contribution >= 4 is 5.97 Å². The summed E-state index contributed by atoms with van der Waals surface area (Å²) < 4.78 is 0. The van der Waals surface area contributed by atoms with Crippen LogP contribution in [0.2, 0.25) is 0 Å². The number of carboxylic acid groups (broad SMARTS) is 1. The fourth-order valence-corrected chi connectivity index (χ4v) is 2.37. The van der Waals surface area contributed by atoms with Crippen LogP contribution in [0.25, 0.3) is 0 Å². The van der Waals surface area contributed by atoms with Crippen LogP contribution < -0.4 is 0 Å². The first-order valence-electron chi connectivity index (χ1n) is 5.83. The Balaban J connectivity index is 1.93. The topological polar surface area (TPSA) is 61.1 Å². The van der Waals surface area contributed by atoms with E-state index in [0.717, 1.165) is 12.8 Å². The van der Waals surface area contributed by atoms with Crippen LogP contribution in [0.15, 0.2) is 24.3 Å². The lowest BCUT2D eigenvalue weighted by Gasteiger charge is -2.10. The highest BCUT2D eigenvalue weighted by Gasteiger charge is 2.45. The number of nitriles is 1. The fraction of sp³-hybridized carbons (Fsp3) is 0.429. The summed E-state index contributed by atoms with van der Waals surface area (Å²) in [5.74, 6) is -0.0859. The summed E-state index contributed by atoms with van der Waals surface area (Å²) in [5, 5.41) is 17.6. The molecule has 1 N–H and O–H groups in total. The molecule has 0 aromatic heterocycles. The zero-order valence-electron chi connectivity index (χ0n) is 9.76. The second kappa shape index (κ2) is 4.58. The molecule has 17 heavy (non-hydrogen) atoms. The molecule has 1 fully saturated rings. The Morgan fingerprint density at radius 2 is 2.18 bits per heavy atom. The van der Waals surface area contributed by atoms with Crippen LogP contribution in [-0.2, 0) is 11.2 Å². The predicted octanol–water partition coefficient (Wildman–Crippen LogP) is 2.46. The highest BCUT2D eigenvalue weighted by atomic mass is 16.4. The molecule has 0 radical (unpaired) electrons. The van der Waals surface area contributed by atoms with Crippen LogP contribution in [0.1, 0.15) is 24.5 Å². The van der Waals surface area contributed by atoms with Gasteiger partial charge in [0.15, 0.2) is 0 Å². The third-order valence-corrected chi connectivity index (χ3v) is 3.53. The van der Waals surface area contributed by atoms with Gasteiger partial charge in [0.25, 0.3) is 0 Å². The van der Waals surface area contributed by atoms with E-state index in [1.165, 1.54) is 5.56 Å². The summed E-state index contributed by atoms with van der Waals surface area (Å²) in [5.41, 5.74) is 1.84. The number of benzene rings is 1.